The fraction of sp³-hybridized carbons (Fsp3) is 0.294. The molecule has 1 saturated heterocycles. The summed E-state index contributed by atoms with van der Waals surface area (Å²) in [5.41, 5.74) is 1.60. The van der Waals surface area contributed by atoms with Crippen molar-refractivity contribution < 1.29 is 23.4 Å². The molecule has 23 heavy (non-hydrogen) atoms. The number of hydrogen-bond acceptors (Lipinski definition) is 5. The molecule has 4 rings (SSSR count). The van der Waals surface area contributed by atoms with E-state index in [9.17, 15) is 18.6 Å². The summed E-state index contributed by atoms with van der Waals surface area (Å²) < 4.78 is 30.4. The van der Waals surface area contributed by atoms with Crippen LogP contribution < -0.4 is 4.74 Å². The van der Waals surface area contributed by atoms with Crippen LogP contribution in [0.15, 0.2) is 42.5 Å². The lowest BCUT2D eigenvalue weighted by atomic mass is 9.80. The molecule has 5 nitrogen and oxygen atoms in total. The number of hydrogen-bond donors (Lipinski definition) is 2. The van der Waals surface area contributed by atoms with Crippen LogP contribution in [0, 0.1) is 5.92 Å². The van der Waals surface area contributed by atoms with Gasteiger partial charge in [-0.1, -0.05) is 12.1 Å². The average Bonchev–Trinajstić information content (AvgIpc) is 2.83. The largest absolute Gasteiger partial charge is 0.508 e. The summed E-state index contributed by atoms with van der Waals surface area (Å²) in [4.78, 5) is 0. The predicted octanol–water partition coefficient (Wildman–Crippen LogP) is 2.36. The summed E-state index contributed by atoms with van der Waals surface area (Å²) >= 11 is 0. The Morgan fingerprint density at radius 1 is 0.957 bits per heavy atom. The molecule has 2 aromatic rings. The molecule has 120 valence electrons. The third-order valence-electron chi connectivity index (χ3n) is 4.65. The van der Waals surface area contributed by atoms with E-state index in [0.717, 1.165) is 11.1 Å². The van der Waals surface area contributed by atoms with E-state index in [1.165, 1.54) is 6.07 Å². The lowest BCUT2D eigenvalue weighted by Gasteiger charge is -2.35. The van der Waals surface area contributed by atoms with Gasteiger partial charge in [0.2, 0.25) is 0 Å². The highest BCUT2D eigenvalue weighted by Gasteiger charge is 2.48. The van der Waals surface area contributed by atoms with Crippen molar-refractivity contribution in [3.8, 4) is 17.2 Å². The van der Waals surface area contributed by atoms with E-state index in [2.05, 4.69) is 0 Å². The first-order valence-electron chi connectivity index (χ1n) is 7.42. The van der Waals surface area contributed by atoms with E-state index in [-0.39, 0.29) is 40.9 Å². The highest BCUT2D eigenvalue weighted by Crippen LogP contribution is 2.51. The number of fused-ring (bicyclic) bond motifs is 3. The zero-order valence-corrected chi connectivity index (χ0v) is 13.0. The van der Waals surface area contributed by atoms with E-state index in [0.29, 0.717) is 5.75 Å². The molecule has 0 saturated carbocycles. The average molecular weight is 332 g/mol. The SMILES string of the molecule is O=S1(=O)C[C@H]2[C@@H](C1)c1cc(O)ccc1O[C@H]2c1ccc(O)cc1. The maximum atomic E-state index is 12.2. The Morgan fingerprint density at radius 2 is 1.65 bits per heavy atom. The van der Waals surface area contributed by atoms with Gasteiger partial charge in [-0.25, -0.2) is 8.42 Å². The lowest BCUT2D eigenvalue weighted by Crippen LogP contribution is -2.29. The van der Waals surface area contributed by atoms with Gasteiger partial charge < -0.3 is 14.9 Å². The van der Waals surface area contributed by atoms with Crippen LogP contribution >= 0.6 is 0 Å². The van der Waals surface area contributed by atoms with Crippen molar-refractivity contribution in [3.05, 3.63) is 53.6 Å². The van der Waals surface area contributed by atoms with Gasteiger partial charge in [0.1, 0.15) is 23.4 Å². The van der Waals surface area contributed by atoms with Crippen molar-refractivity contribution >= 4 is 9.84 Å². The van der Waals surface area contributed by atoms with Gasteiger partial charge in [-0.2, -0.15) is 0 Å². The Morgan fingerprint density at radius 3 is 2.39 bits per heavy atom. The summed E-state index contributed by atoms with van der Waals surface area (Å²) in [5.74, 6) is 0.640. The first kappa shape index (κ1) is 14.4. The van der Waals surface area contributed by atoms with Crippen LogP contribution in [0.5, 0.6) is 17.2 Å². The standard InChI is InChI=1S/C17H16O5S/c18-11-3-1-10(2-4-11)17-15-9-23(20,21)8-14(15)13-7-12(19)5-6-16(13)22-17/h1-7,14-15,17-19H,8-9H2/t14-,15-,17-/m0/s1. The zero-order valence-electron chi connectivity index (χ0n) is 12.2. The van der Waals surface area contributed by atoms with Crippen molar-refractivity contribution in [2.45, 2.75) is 12.0 Å². The Bertz CT molecular complexity index is 857. The van der Waals surface area contributed by atoms with Gasteiger partial charge >= 0.3 is 0 Å². The minimum atomic E-state index is -3.14. The number of phenolic OH excluding ortho intramolecular Hbond substituents is 2. The smallest absolute Gasteiger partial charge is 0.151 e. The molecule has 2 heterocycles. The highest BCUT2D eigenvalue weighted by atomic mass is 32.2. The molecule has 0 aromatic heterocycles. The number of rotatable bonds is 1. The lowest BCUT2D eigenvalue weighted by molar-refractivity contribution is 0.114. The van der Waals surface area contributed by atoms with Crippen LogP contribution in [-0.4, -0.2) is 30.1 Å². The molecule has 0 spiro atoms. The van der Waals surface area contributed by atoms with Crippen LogP contribution in [0.3, 0.4) is 0 Å². The molecule has 2 N–H and O–H groups in total. The molecular formula is C17H16O5S. The van der Waals surface area contributed by atoms with Crippen LogP contribution in [-0.2, 0) is 9.84 Å². The second kappa shape index (κ2) is 4.89. The van der Waals surface area contributed by atoms with Gasteiger partial charge in [0.05, 0.1) is 11.5 Å². The molecule has 1 fully saturated rings. The maximum Gasteiger partial charge on any atom is 0.151 e. The third kappa shape index (κ3) is 2.43. The topological polar surface area (TPSA) is 83.8 Å². The van der Waals surface area contributed by atoms with E-state index in [1.807, 2.05) is 0 Å². The van der Waals surface area contributed by atoms with Gasteiger partial charge in [-0.15, -0.1) is 0 Å². The van der Waals surface area contributed by atoms with Crippen LogP contribution in [0.2, 0.25) is 0 Å². The minimum absolute atomic E-state index is 0.0678. The fourth-order valence-electron chi connectivity index (χ4n) is 3.63. The normalized spacial score (nSPS) is 27.7. The molecule has 0 radical (unpaired) electrons. The van der Waals surface area contributed by atoms with Crippen molar-refractivity contribution in [1.82, 2.24) is 0 Å². The first-order valence-corrected chi connectivity index (χ1v) is 9.24. The molecule has 0 aliphatic carbocycles. The quantitative estimate of drug-likeness (QED) is 0.837. The Labute approximate surface area is 134 Å². The number of phenols is 2. The first-order chi connectivity index (χ1) is 10.9. The third-order valence-corrected chi connectivity index (χ3v) is 6.41. The van der Waals surface area contributed by atoms with Gasteiger partial charge in [0.15, 0.2) is 9.84 Å². The Kier molecular flexibility index (Phi) is 3.06. The zero-order chi connectivity index (χ0) is 16.2. The number of benzene rings is 2. The van der Waals surface area contributed by atoms with E-state index >= 15 is 0 Å². The summed E-state index contributed by atoms with van der Waals surface area (Å²) in [6, 6.07) is 11.5. The van der Waals surface area contributed by atoms with Gasteiger partial charge in [0.25, 0.3) is 0 Å². The summed E-state index contributed by atoms with van der Waals surface area (Å²) in [6.07, 6.45) is -0.380. The molecular weight excluding hydrogens is 316 g/mol. The Balaban J connectivity index is 1.83. The van der Waals surface area contributed by atoms with Crippen molar-refractivity contribution in [2.24, 2.45) is 5.92 Å². The summed E-state index contributed by atoms with van der Waals surface area (Å²) in [7, 11) is -3.14. The second-order valence-corrected chi connectivity index (χ2v) is 8.35. The maximum absolute atomic E-state index is 12.2. The van der Waals surface area contributed by atoms with E-state index < -0.39 is 9.84 Å². The van der Waals surface area contributed by atoms with Gasteiger partial charge in [-0.3, -0.25) is 0 Å². The summed E-state index contributed by atoms with van der Waals surface area (Å²) in [5, 5.41) is 19.2. The van der Waals surface area contributed by atoms with Crippen molar-refractivity contribution in [2.75, 3.05) is 11.5 Å². The molecule has 0 unspecified atom stereocenters. The highest BCUT2D eigenvalue weighted by molar-refractivity contribution is 7.91. The second-order valence-electron chi connectivity index (χ2n) is 6.20. The molecule has 2 aliphatic heterocycles. The minimum Gasteiger partial charge on any atom is -0.508 e. The molecule has 2 aromatic carbocycles. The predicted molar refractivity (Wildman–Crippen MR) is 84.5 cm³/mol. The fourth-order valence-corrected chi connectivity index (χ4v) is 5.73. The van der Waals surface area contributed by atoms with Crippen LogP contribution in [0.4, 0.5) is 0 Å². The monoisotopic (exact) mass is 332 g/mol. The molecule has 0 amide bonds. The summed E-state index contributed by atoms with van der Waals surface area (Å²) in [6.45, 7) is 0. The molecule has 0 bridgehead atoms. The number of sulfone groups is 1. The molecule has 3 atom stereocenters. The molecule has 2 aliphatic rings. The van der Waals surface area contributed by atoms with E-state index in [1.54, 1.807) is 36.4 Å². The van der Waals surface area contributed by atoms with Crippen LogP contribution in [0.25, 0.3) is 0 Å². The van der Waals surface area contributed by atoms with Crippen molar-refractivity contribution in [1.29, 1.82) is 0 Å². The van der Waals surface area contributed by atoms with Crippen LogP contribution in [0.1, 0.15) is 23.1 Å². The Hall–Kier alpha value is -2.21. The molecule has 6 heteroatoms. The number of aromatic hydroxyl groups is 2. The van der Waals surface area contributed by atoms with Crippen molar-refractivity contribution in [3.63, 3.8) is 0 Å². The number of ether oxygens (including phenoxy) is 1. The van der Waals surface area contributed by atoms with E-state index in [4.69, 9.17) is 4.74 Å². The van der Waals surface area contributed by atoms with Gasteiger partial charge in [-0.05, 0) is 35.9 Å². The van der Waals surface area contributed by atoms with Gasteiger partial charge in [0, 0.05) is 17.4 Å².